The van der Waals surface area contributed by atoms with Crippen molar-refractivity contribution in [3.8, 4) is 0 Å². The number of rotatable bonds is 1. The molecule has 3 rings (SSSR count). The van der Waals surface area contributed by atoms with Crippen molar-refractivity contribution >= 4 is 27.9 Å². The molecule has 0 bridgehead atoms. The van der Waals surface area contributed by atoms with Crippen LogP contribution < -0.4 is 5.32 Å². The van der Waals surface area contributed by atoms with Crippen LogP contribution in [0.15, 0.2) is 48.5 Å². The molecule has 0 aliphatic carbocycles. The third-order valence-electron chi connectivity index (χ3n) is 3.53. The largest absolute Gasteiger partial charge is 0.340 e. The van der Waals surface area contributed by atoms with E-state index in [0.717, 1.165) is 28.2 Å². The number of hydrogen-bond acceptors (Lipinski definition) is 1. The molecule has 0 aromatic heterocycles. The normalized spacial score (nSPS) is 15.7. The summed E-state index contributed by atoms with van der Waals surface area (Å²) < 4.78 is 0. The van der Waals surface area contributed by atoms with Crippen LogP contribution in [-0.2, 0) is 0 Å². The second-order valence-electron chi connectivity index (χ2n) is 4.85. The number of benzene rings is 2. The van der Waals surface area contributed by atoms with Gasteiger partial charge in [0.2, 0.25) is 0 Å². The van der Waals surface area contributed by atoms with Gasteiger partial charge >= 0.3 is 0 Å². The Morgan fingerprint density at radius 2 is 2.00 bits per heavy atom. The first-order chi connectivity index (χ1) is 9.13. The highest BCUT2D eigenvalue weighted by Gasteiger charge is 2.25. The SMILES string of the molecule is C=C1NC(=NC)c2c1cc1ccccc1c2C(=C)C. The number of allylic oxidation sites excluding steroid dienone is 1. The topological polar surface area (TPSA) is 24.4 Å². The lowest BCUT2D eigenvalue weighted by atomic mass is 9.91. The van der Waals surface area contributed by atoms with E-state index in [-0.39, 0.29) is 0 Å². The van der Waals surface area contributed by atoms with E-state index in [1.54, 1.807) is 7.05 Å². The molecule has 19 heavy (non-hydrogen) atoms. The predicted octanol–water partition coefficient (Wildman–Crippen LogP) is 3.82. The van der Waals surface area contributed by atoms with Crippen molar-refractivity contribution in [3.63, 3.8) is 0 Å². The summed E-state index contributed by atoms with van der Waals surface area (Å²) in [5.41, 5.74) is 5.37. The molecule has 0 saturated carbocycles. The molecule has 0 spiro atoms. The maximum atomic E-state index is 4.33. The second kappa shape index (κ2) is 4.09. The Hall–Kier alpha value is -2.35. The Bertz CT molecular complexity index is 751. The average Bonchev–Trinajstić information content (AvgIpc) is 2.72. The summed E-state index contributed by atoms with van der Waals surface area (Å²) in [6.45, 7) is 10.3. The molecule has 1 aliphatic rings. The Balaban J connectivity index is 2.52. The molecular formula is C17H16N2. The minimum atomic E-state index is 0.878. The molecule has 2 aromatic rings. The molecule has 0 fully saturated rings. The minimum Gasteiger partial charge on any atom is -0.340 e. The monoisotopic (exact) mass is 248 g/mol. The van der Waals surface area contributed by atoms with Crippen LogP contribution in [0.1, 0.15) is 23.6 Å². The lowest BCUT2D eigenvalue weighted by Gasteiger charge is -2.12. The summed E-state index contributed by atoms with van der Waals surface area (Å²) >= 11 is 0. The van der Waals surface area contributed by atoms with E-state index in [4.69, 9.17) is 0 Å². The second-order valence-corrected chi connectivity index (χ2v) is 4.85. The summed E-state index contributed by atoms with van der Waals surface area (Å²) in [7, 11) is 1.79. The number of aliphatic imine (C=N–C) groups is 1. The van der Waals surface area contributed by atoms with Gasteiger partial charge in [0.05, 0.1) is 0 Å². The Labute approximate surface area is 113 Å². The summed E-state index contributed by atoms with van der Waals surface area (Å²) in [6, 6.07) is 10.5. The van der Waals surface area contributed by atoms with Crippen LogP contribution in [-0.4, -0.2) is 12.9 Å². The lowest BCUT2D eigenvalue weighted by Crippen LogP contribution is -2.14. The minimum absolute atomic E-state index is 0.878. The average molecular weight is 248 g/mol. The lowest BCUT2D eigenvalue weighted by molar-refractivity contribution is 1.30. The van der Waals surface area contributed by atoms with Crippen LogP contribution in [0.4, 0.5) is 0 Å². The molecular weight excluding hydrogens is 232 g/mol. The van der Waals surface area contributed by atoms with Gasteiger partial charge in [-0.2, -0.15) is 0 Å². The molecule has 2 nitrogen and oxygen atoms in total. The quantitative estimate of drug-likeness (QED) is 0.815. The van der Waals surface area contributed by atoms with Gasteiger partial charge in [0, 0.05) is 23.9 Å². The Morgan fingerprint density at radius 1 is 1.26 bits per heavy atom. The van der Waals surface area contributed by atoms with Gasteiger partial charge in [0.15, 0.2) is 0 Å². The van der Waals surface area contributed by atoms with Gasteiger partial charge in [0.1, 0.15) is 5.84 Å². The smallest absolute Gasteiger partial charge is 0.133 e. The van der Waals surface area contributed by atoms with E-state index in [2.05, 4.69) is 53.8 Å². The highest BCUT2D eigenvalue weighted by molar-refractivity contribution is 6.18. The standard InChI is InChI=1S/C17H16N2/c1-10(2)15-13-8-6-5-7-12(13)9-14-11(3)19-17(18-4)16(14)15/h5-9H,1,3H2,2,4H3,(H,18,19). The fourth-order valence-electron chi connectivity index (χ4n) is 2.72. The molecule has 0 amide bonds. The number of nitrogens with zero attached hydrogens (tertiary/aromatic N) is 1. The van der Waals surface area contributed by atoms with Gasteiger partial charge in [0.25, 0.3) is 0 Å². The molecule has 1 N–H and O–H groups in total. The zero-order chi connectivity index (χ0) is 13.6. The van der Waals surface area contributed by atoms with Crippen molar-refractivity contribution in [2.75, 3.05) is 7.05 Å². The third-order valence-corrected chi connectivity index (χ3v) is 3.53. The van der Waals surface area contributed by atoms with Gasteiger partial charge in [-0.15, -0.1) is 0 Å². The number of amidine groups is 1. The van der Waals surface area contributed by atoms with Crippen molar-refractivity contribution in [2.24, 2.45) is 4.99 Å². The highest BCUT2D eigenvalue weighted by Crippen LogP contribution is 2.36. The van der Waals surface area contributed by atoms with Crippen molar-refractivity contribution in [1.29, 1.82) is 0 Å². The Morgan fingerprint density at radius 3 is 2.68 bits per heavy atom. The zero-order valence-corrected chi connectivity index (χ0v) is 11.2. The highest BCUT2D eigenvalue weighted by atomic mass is 15.0. The van der Waals surface area contributed by atoms with Crippen LogP contribution in [0, 0.1) is 0 Å². The summed E-state index contributed by atoms with van der Waals surface area (Å²) in [5.74, 6) is 0.878. The van der Waals surface area contributed by atoms with Gasteiger partial charge in [-0.3, -0.25) is 4.99 Å². The molecule has 0 radical (unpaired) electrons. The van der Waals surface area contributed by atoms with Crippen molar-refractivity contribution in [3.05, 3.63) is 60.2 Å². The molecule has 0 unspecified atom stereocenters. The zero-order valence-electron chi connectivity index (χ0n) is 11.2. The maximum Gasteiger partial charge on any atom is 0.133 e. The first kappa shape index (κ1) is 11.7. The molecule has 0 atom stereocenters. The molecule has 2 aromatic carbocycles. The fraction of sp³-hybridized carbons (Fsp3) is 0.118. The number of hydrogen-bond donors (Lipinski definition) is 1. The van der Waals surface area contributed by atoms with Crippen molar-refractivity contribution < 1.29 is 0 Å². The van der Waals surface area contributed by atoms with Crippen LogP contribution in [0.25, 0.3) is 22.0 Å². The van der Waals surface area contributed by atoms with E-state index in [1.165, 1.54) is 16.3 Å². The summed E-state index contributed by atoms with van der Waals surface area (Å²) in [5, 5.41) is 5.68. The maximum absolute atomic E-state index is 4.33. The van der Waals surface area contributed by atoms with E-state index in [1.807, 2.05) is 6.92 Å². The van der Waals surface area contributed by atoms with Crippen molar-refractivity contribution in [2.45, 2.75) is 6.92 Å². The van der Waals surface area contributed by atoms with Gasteiger partial charge in [-0.1, -0.05) is 37.4 Å². The van der Waals surface area contributed by atoms with Crippen molar-refractivity contribution in [1.82, 2.24) is 5.32 Å². The summed E-state index contributed by atoms with van der Waals surface area (Å²) in [6.07, 6.45) is 0. The van der Waals surface area contributed by atoms with Crippen LogP contribution in [0.2, 0.25) is 0 Å². The molecule has 94 valence electrons. The molecule has 0 saturated heterocycles. The van der Waals surface area contributed by atoms with Crippen LogP contribution in [0.3, 0.4) is 0 Å². The van der Waals surface area contributed by atoms with E-state index >= 15 is 0 Å². The van der Waals surface area contributed by atoms with Crippen LogP contribution in [0.5, 0.6) is 0 Å². The molecule has 1 heterocycles. The van der Waals surface area contributed by atoms with E-state index in [0.29, 0.717) is 0 Å². The van der Waals surface area contributed by atoms with E-state index in [9.17, 15) is 0 Å². The fourth-order valence-corrected chi connectivity index (χ4v) is 2.72. The van der Waals surface area contributed by atoms with E-state index < -0.39 is 0 Å². The number of nitrogens with one attached hydrogen (secondary N) is 1. The van der Waals surface area contributed by atoms with Gasteiger partial charge in [-0.05, 0) is 34.9 Å². The summed E-state index contributed by atoms with van der Waals surface area (Å²) in [4.78, 5) is 4.33. The van der Waals surface area contributed by atoms with Gasteiger partial charge < -0.3 is 5.32 Å². The first-order valence-electron chi connectivity index (χ1n) is 6.28. The third kappa shape index (κ3) is 1.60. The Kier molecular flexibility index (Phi) is 2.53. The number of fused-ring (bicyclic) bond motifs is 2. The molecule has 1 aliphatic heterocycles. The first-order valence-corrected chi connectivity index (χ1v) is 6.28. The van der Waals surface area contributed by atoms with Gasteiger partial charge in [-0.25, -0.2) is 0 Å². The molecule has 2 heteroatoms. The predicted molar refractivity (Wildman–Crippen MR) is 83.3 cm³/mol. The van der Waals surface area contributed by atoms with Crippen LogP contribution >= 0.6 is 0 Å².